The molecule has 0 saturated carbocycles. The van der Waals surface area contributed by atoms with Gasteiger partial charge in [-0.3, -0.25) is 14.5 Å². The van der Waals surface area contributed by atoms with Crippen LogP contribution in [0.25, 0.3) is 11.3 Å². The second-order valence-electron chi connectivity index (χ2n) is 7.02. The zero-order valence-electron chi connectivity index (χ0n) is 16.8. The number of rotatable bonds is 6. The third kappa shape index (κ3) is 4.01. The van der Waals surface area contributed by atoms with Gasteiger partial charge in [-0.25, -0.2) is 0 Å². The predicted molar refractivity (Wildman–Crippen MR) is 117 cm³/mol. The Kier molecular flexibility index (Phi) is 5.95. The van der Waals surface area contributed by atoms with E-state index in [2.05, 4.69) is 4.37 Å². The van der Waals surface area contributed by atoms with Crippen LogP contribution < -0.4 is 9.47 Å². The van der Waals surface area contributed by atoms with Crippen LogP contribution in [-0.4, -0.2) is 46.4 Å². The van der Waals surface area contributed by atoms with E-state index in [-0.39, 0.29) is 6.54 Å². The van der Waals surface area contributed by atoms with Gasteiger partial charge in [0.05, 0.1) is 30.4 Å². The normalized spacial score (nSPS) is 16.1. The summed E-state index contributed by atoms with van der Waals surface area (Å²) in [7, 11) is 3.09. The molecule has 1 unspecified atom stereocenters. The van der Waals surface area contributed by atoms with Crippen molar-refractivity contribution in [2.24, 2.45) is 0 Å². The standard InChI is InChI=1S/C22H19ClN2O5S/c1-29-15-8-5-13(16(9-15)30-2)10-25-11-17-18(21(26)20(25)22(27)28)19(24-31-17)12-3-6-14(23)7-4-12/h3-9,20H,10-11H2,1-2H3,(H,27,28). The minimum absolute atomic E-state index is 0.226. The number of hydrogen-bond acceptors (Lipinski definition) is 7. The summed E-state index contributed by atoms with van der Waals surface area (Å²) in [6.07, 6.45) is 0. The van der Waals surface area contributed by atoms with E-state index in [0.29, 0.717) is 34.3 Å². The van der Waals surface area contributed by atoms with Crippen molar-refractivity contribution >= 4 is 34.9 Å². The average Bonchev–Trinajstić information content (AvgIpc) is 3.18. The number of aromatic nitrogens is 1. The number of fused-ring (bicyclic) bond motifs is 1. The molecule has 2 heterocycles. The van der Waals surface area contributed by atoms with Gasteiger partial charge in [0.2, 0.25) is 0 Å². The van der Waals surface area contributed by atoms with E-state index < -0.39 is 17.8 Å². The molecule has 1 atom stereocenters. The highest BCUT2D eigenvalue weighted by atomic mass is 35.5. The van der Waals surface area contributed by atoms with Gasteiger partial charge < -0.3 is 14.6 Å². The van der Waals surface area contributed by atoms with Gasteiger partial charge in [0.15, 0.2) is 11.8 Å². The molecule has 1 aromatic heterocycles. The third-order valence-corrected chi connectivity index (χ3v) is 6.27. The number of carbonyl (C=O) groups is 2. The Balaban J connectivity index is 1.71. The third-order valence-electron chi connectivity index (χ3n) is 5.19. The summed E-state index contributed by atoms with van der Waals surface area (Å²) in [5, 5.41) is 10.4. The molecule has 0 fully saturated rings. The zero-order valence-corrected chi connectivity index (χ0v) is 18.4. The number of carboxylic acid groups (broad SMARTS) is 1. The van der Waals surface area contributed by atoms with E-state index in [1.54, 1.807) is 48.4 Å². The number of benzene rings is 2. The first-order chi connectivity index (χ1) is 14.9. The van der Waals surface area contributed by atoms with E-state index in [0.717, 1.165) is 16.0 Å². The summed E-state index contributed by atoms with van der Waals surface area (Å²) in [6, 6.07) is 11.0. The molecule has 1 aliphatic rings. The minimum atomic E-state index is -1.32. The lowest BCUT2D eigenvalue weighted by atomic mass is 9.93. The summed E-state index contributed by atoms with van der Waals surface area (Å²) in [6.45, 7) is 0.516. The highest BCUT2D eigenvalue weighted by Gasteiger charge is 2.42. The van der Waals surface area contributed by atoms with Crippen LogP contribution in [0, 0.1) is 0 Å². The Bertz CT molecular complexity index is 1150. The van der Waals surface area contributed by atoms with Crippen molar-refractivity contribution in [2.45, 2.75) is 19.1 Å². The maximum atomic E-state index is 13.3. The number of methoxy groups -OCH3 is 2. The maximum absolute atomic E-state index is 13.3. The number of halogens is 1. The fraction of sp³-hybridized carbons (Fsp3) is 0.227. The summed E-state index contributed by atoms with van der Waals surface area (Å²) < 4.78 is 15.1. The molecule has 0 spiro atoms. The van der Waals surface area contributed by atoms with Gasteiger partial charge in [-0.15, -0.1) is 0 Å². The van der Waals surface area contributed by atoms with E-state index >= 15 is 0 Å². The van der Waals surface area contributed by atoms with E-state index in [1.165, 1.54) is 18.6 Å². The lowest BCUT2D eigenvalue weighted by Crippen LogP contribution is -2.49. The second-order valence-corrected chi connectivity index (χ2v) is 8.32. The second kappa shape index (κ2) is 8.66. The molecule has 2 aromatic carbocycles. The summed E-state index contributed by atoms with van der Waals surface area (Å²) in [5.74, 6) is -0.480. The molecule has 160 valence electrons. The predicted octanol–water partition coefficient (Wildman–Crippen LogP) is 4.13. The van der Waals surface area contributed by atoms with Crippen LogP contribution >= 0.6 is 23.1 Å². The molecule has 4 rings (SSSR count). The lowest BCUT2D eigenvalue weighted by molar-refractivity contribution is -0.141. The smallest absolute Gasteiger partial charge is 0.329 e. The number of carboxylic acids is 1. The average molecular weight is 459 g/mol. The molecule has 1 N–H and O–H groups in total. The number of carbonyl (C=O) groups excluding carboxylic acids is 1. The maximum Gasteiger partial charge on any atom is 0.329 e. The van der Waals surface area contributed by atoms with Crippen LogP contribution in [0.4, 0.5) is 0 Å². The highest BCUT2D eigenvalue weighted by Crippen LogP contribution is 2.36. The van der Waals surface area contributed by atoms with Crippen molar-refractivity contribution in [1.29, 1.82) is 0 Å². The summed E-state index contributed by atoms with van der Waals surface area (Å²) in [5.41, 5.74) is 2.35. The number of ether oxygens (including phenoxy) is 2. The molecular weight excluding hydrogens is 440 g/mol. The Labute approximate surface area is 188 Å². The highest BCUT2D eigenvalue weighted by molar-refractivity contribution is 7.06. The summed E-state index contributed by atoms with van der Waals surface area (Å²) >= 11 is 7.17. The Morgan fingerprint density at radius 1 is 1.23 bits per heavy atom. The van der Waals surface area contributed by atoms with Gasteiger partial charge in [0, 0.05) is 35.3 Å². The molecule has 0 amide bonds. The Hall–Kier alpha value is -2.94. The van der Waals surface area contributed by atoms with E-state index in [9.17, 15) is 14.7 Å². The first-order valence-electron chi connectivity index (χ1n) is 9.39. The fourth-order valence-corrected chi connectivity index (χ4v) is 4.72. The van der Waals surface area contributed by atoms with Crippen LogP contribution in [0.2, 0.25) is 5.02 Å². The van der Waals surface area contributed by atoms with Crippen molar-refractivity contribution in [3.8, 4) is 22.8 Å². The molecule has 0 bridgehead atoms. The molecule has 9 heteroatoms. The largest absolute Gasteiger partial charge is 0.497 e. The number of ketones is 1. The van der Waals surface area contributed by atoms with Crippen LogP contribution in [-0.2, 0) is 17.9 Å². The number of aliphatic carboxylic acids is 1. The molecule has 7 nitrogen and oxygen atoms in total. The molecule has 0 saturated heterocycles. The first kappa shape index (κ1) is 21.3. The monoisotopic (exact) mass is 458 g/mol. The van der Waals surface area contributed by atoms with Crippen LogP contribution in [0.1, 0.15) is 20.8 Å². The van der Waals surface area contributed by atoms with Crippen LogP contribution in [0.3, 0.4) is 0 Å². The molecule has 1 aliphatic heterocycles. The van der Waals surface area contributed by atoms with Gasteiger partial charge >= 0.3 is 5.97 Å². The van der Waals surface area contributed by atoms with Gasteiger partial charge in [-0.1, -0.05) is 29.8 Å². The lowest BCUT2D eigenvalue weighted by Gasteiger charge is -2.32. The number of nitrogens with zero attached hydrogens (tertiary/aromatic N) is 2. The van der Waals surface area contributed by atoms with Gasteiger partial charge in [-0.05, 0) is 29.7 Å². The van der Waals surface area contributed by atoms with Crippen molar-refractivity contribution in [3.05, 3.63) is 63.5 Å². The quantitative estimate of drug-likeness (QED) is 0.555. The first-order valence-corrected chi connectivity index (χ1v) is 10.5. The van der Waals surface area contributed by atoms with Crippen LogP contribution in [0.15, 0.2) is 42.5 Å². The number of hydrogen-bond donors (Lipinski definition) is 1. The SMILES string of the molecule is COc1ccc(CN2Cc3snc(-c4ccc(Cl)cc4)c3C(=O)C2C(=O)O)c(OC)c1. The van der Waals surface area contributed by atoms with Crippen molar-refractivity contribution in [1.82, 2.24) is 9.27 Å². The number of Topliss-reactive ketones (excluding diaryl/α,β-unsaturated/α-hetero) is 1. The Morgan fingerprint density at radius 3 is 2.61 bits per heavy atom. The fourth-order valence-electron chi connectivity index (χ4n) is 3.69. The molecular formula is C22H19ClN2O5S. The molecule has 3 aromatic rings. The Morgan fingerprint density at radius 2 is 1.97 bits per heavy atom. The molecule has 0 aliphatic carbocycles. The van der Waals surface area contributed by atoms with Crippen molar-refractivity contribution < 1.29 is 24.2 Å². The van der Waals surface area contributed by atoms with E-state index in [4.69, 9.17) is 21.1 Å². The van der Waals surface area contributed by atoms with E-state index in [1.807, 2.05) is 6.07 Å². The van der Waals surface area contributed by atoms with Gasteiger partial charge in [-0.2, -0.15) is 4.37 Å². The topological polar surface area (TPSA) is 89.0 Å². The molecule has 0 radical (unpaired) electrons. The van der Waals surface area contributed by atoms with Crippen molar-refractivity contribution in [2.75, 3.05) is 14.2 Å². The minimum Gasteiger partial charge on any atom is -0.497 e. The molecule has 31 heavy (non-hydrogen) atoms. The summed E-state index contributed by atoms with van der Waals surface area (Å²) in [4.78, 5) is 27.8. The zero-order chi connectivity index (χ0) is 22.1. The van der Waals surface area contributed by atoms with Gasteiger partial charge in [0.1, 0.15) is 11.5 Å². The van der Waals surface area contributed by atoms with Gasteiger partial charge in [0.25, 0.3) is 0 Å². The van der Waals surface area contributed by atoms with Crippen molar-refractivity contribution in [3.63, 3.8) is 0 Å². The van der Waals surface area contributed by atoms with Crippen LogP contribution in [0.5, 0.6) is 11.5 Å².